The molecule has 2 heterocycles. The van der Waals surface area contributed by atoms with Crippen molar-refractivity contribution in [2.75, 3.05) is 13.7 Å². The topological polar surface area (TPSA) is 206 Å². The van der Waals surface area contributed by atoms with Crippen molar-refractivity contribution in [3.63, 3.8) is 0 Å². The van der Waals surface area contributed by atoms with Crippen molar-refractivity contribution >= 4 is 44.9 Å². The maximum absolute atomic E-state index is 16.2. The molecule has 4 amide bonds. The zero-order valence-electron chi connectivity index (χ0n) is 34.3. The minimum absolute atomic E-state index is 0.00487. The Balaban J connectivity index is 1.39. The second kappa shape index (κ2) is 16.3. The first-order valence-electron chi connectivity index (χ1n) is 20.0. The maximum atomic E-state index is 16.2. The molecule has 0 radical (unpaired) electrons. The first-order chi connectivity index (χ1) is 28.0. The van der Waals surface area contributed by atoms with E-state index in [4.69, 9.17) is 9.47 Å². The lowest BCUT2D eigenvalue weighted by Crippen LogP contribution is -2.61. The number of carbonyl (C=O) groups excluding carboxylic acids is 3. The molecule has 0 spiro atoms. The molecule has 6 rings (SSSR count). The first kappa shape index (κ1) is 44.8. The fraction of sp³-hybridized carbons (Fsp3) is 0.650. The summed E-state index contributed by atoms with van der Waals surface area (Å²) in [6.07, 6.45) is -0.882. The number of nitrogens with zero attached hydrogens (tertiary/aromatic N) is 3. The van der Waals surface area contributed by atoms with Crippen molar-refractivity contribution in [2.45, 2.75) is 127 Å². The minimum Gasteiger partial charge on any atom is -0.497 e. The van der Waals surface area contributed by atoms with E-state index in [0.29, 0.717) is 24.2 Å². The van der Waals surface area contributed by atoms with Gasteiger partial charge in [-0.1, -0.05) is 46.6 Å². The standard InChI is InChI=1S/C40H52F4N6O9S/c1-7-23-27(59-33-29(40(43,44)15-9-8-10-21-11-12-21)45-25-14-13-22(58-6)18-26(25)46-33)20-50(34(52)30(37(2,3)4)47-36(54)55)28(23)32(51)48-39(19-24(39)31(41)42)35(53)49-60(56,57)38(5)16-17-38/h9,13-15,18,21,23-24,27-28,30-31,47H,7-8,10-12,16-17,19-20H2,1-6H3,(H,48,51)(H,49,53)(H,54,55). The summed E-state index contributed by atoms with van der Waals surface area (Å²) in [5.41, 5.74) is -4.15. The quantitative estimate of drug-likeness (QED) is 0.119. The predicted molar refractivity (Wildman–Crippen MR) is 209 cm³/mol. The zero-order chi connectivity index (χ0) is 44.2. The number of allylic oxidation sites excluding steroid dienone is 2. The van der Waals surface area contributed by atoms with Crippen LogP contribution in [0.4, 0.5) is 22.4 Å². The smallest absolute Gasteiger partial charge is 0.405 e. The van der Waals surface area contributed by atoms with E-state index < -0.39 is 116 Å². The van der Waals surface area contributed by atoms with Gasteiger partial charge in [0.1, 0.15) is 29.5 Å². The summed E-state index contributed by atoms with van der Waals surface area (Å²) in [5, 5.41) is 14.2. The van der Waals surface area contributed by atoms with Crippen LogP contribution in [-0.4, -0.2) is 101 Å². The molecule has 1 aromatic carbocycles. The Labute approximate surface area is 345 Å². The fourth-order valence-electron chi connectivity index (χ4n) is 7.75. The summed E-state index contributed by atoms with van der Waals surface area (Å²) in [6.45, 7) is 7.17. The van der Waals surface area contributed by atoms with Gasteiger partial charge in [-0.05, 0) is 75.0 Å². The monoisotopic (exact) mass is 868 g/mol. The molecule has 4 fully saturated rings. The molecule has 60 heavy (non-hydrogen) atoms. The number of carbonyl (C=O) groups is 4. The van der Waals surface area contributed by atoms with Gasteiger partial charge in [0.2, 0.25) is 34.1 Å². The Bertz CT molecular complexity index is 2160. The number of sulfonamides is 1. The summed E-state index contributed by atoms with van der Waals surface area (Å²) < 4.78 is 99.2. The number of carboxylic acid groups (broad SMARTS) is 1. The lowest BCUT2D eigenvalue weighted by Gasteiger charge is -2.35. The Morgan fingerprint density at radius 1 is 1.10 bits per heavy atom. The normalized spacial score (nSPS) is 25.6. The van der Waals surface area contributed by atoms with E-state index in [2.05, 4.69) is 20.6 Å². The van der Waals surface area contributed by atoms with Gasteiger partial charge >= 0.3 is 12.0 Å². The van der Waals surface area contributed by atoms with Gasteiger partial charge < -0.3 is 30.1 Å². The van der Waals surface area contributed by atoms with Crippen LogP contribution >= 0.6 is 0 Å². The fourth-order valence-corrected chi connectivity index (χ4v) is 9.07. The molecule has 4 N–H and O–H groups in total. The van der Waals surface area contributed by atoms with E-state index in [1.807, 2.05) is 4.72 Å². The number of hydrogen-bond donors (Lipinski definition) is 4. The molecule has 1 aliphatic heterocycles. The molecule has 0 bridgehead atoms. The summed E-state index contributed by atoms with van der Waals surface area (Å²) >= 11 is 0. The average molecular weight is 869 g/mol. The van der Waals surface area contributed by atoms with Crippen molar-refractivity contribution in [1.29, 1.82) is 0 Å². The summed E-state index contributed by atoms with van der Waals surface area (Å²) in [6, 6.07) is 1.27. The highest BCUT2D eigenvalue weighted by Gasteiger charge is 2.68. The van der Waals surface area contributed by atoms with E-state index in [0.717, 1.165) is 24.2 Å². The van der Waals surface area contributed by atoms with E-state index in [1.54, 1.807) is 27.7 Å². The van der Waals surface area contributed by atoms with Gasteiger partial charge in [0, 0.05) is 12.0 Å². The Kier molecular flexibility index (Phi) is 12.1. The van der Waals surface area contributed by atoms with Gasteiger partial charge in [0.15, 0.2) is 5.69 Å². The number of nitrogens with one attached hydrogen (secondary N) is 3. The molecule has 3 aliphatic carbocycles. The molecule has 330 valence electrons. The van der Waals surface area contributed by atoms with Gasteiger partial charge in [0.25, 0.3) is 5.91 Å². The number of rotatable bonds is 17. The number of aromatic nitrogens is 2. The second-order valence-electron chi connectivity index (χ2n) is 17.7. The van der Waals surface area contributed by atoms with Crippen LogP contribution < -0.4 is 24.8 Å². The third kappa shape index (κ3) is 9.12. The van der Waals surface area contributed by atoms with E-state index in [9.17, 15) is 41.5 Å². The largest absolute Gasteiger partial charge is 0.497 e. The molecule has 4 aliphatic rings. The van der Waals surface area contributed by atoms with E-state index in [1.165, 1.54) is 38.3 Å². The highest BCUT2D eigenvalue weighted by molar-refractivity contribution is 7.91. The van der Waals surface area contributed by atoms with Gasteiger partial charge in [-0.3, -0.25) is 19.1 Å². The highest BCUT2D eigenvalue weighted by atomic mass is 32.2. The summed E-state index contributed by atoms with van der Waals surface area (Å²) in [5.74, 6) is -9.85. The molecule has 1 aromatic heterocycles. The van der Waals surface area contributed by atoms with Crippen molar-refractivity contribution < 1.29 is 59.7 Å². The molecule has 6 atom stereocenters. The minimum atomic E-state index is -4.33. The van der Waals surface area contributed by atoms with E-state index in [-0.39, 0.29) is 30.3 Å². The number of hydrogen-bond acceptors (Lipinski definition) is 10. The van der Waals surface area contributed by atoms with Crippen molar-refractivity contribution in [1.82, 2.24) is 30.2 Å². The lowest BCUT2D eigenvalue weighted by atomic mass is 9.85. The number of halogens is 4. The summed E-state index contributed by atoms with van der Waals surface area (Å²) in [4.78, 5) is 64.2. The molecule has 2 aromatic rings. The molecule has 20 heteroatoms. The number of methoxy groups -OCH3 is 1. The number of fused-ring (bicyclic) bond motifs is 1. The first-order valence-corrected chi connectivity index (χ1v) is 21.5. The van der Waals surface area contributed by atoms with Gasteiger partial charge in [-0.25, -0.2) is 32.0 Å². The third-order valence-corrected chi connectivity index (χ3v) is 14.2. The molecule has 6 unspecified atom stereocenters. The van der Waals surface area contributed by atoms with Crippen LogP contribution in [0.3, 0.4) is 0 Å². The Hall–Kier alpha value is -4.75. The van der Waals surface area contributed by atoms with Crippen LogP contribution in [0, 0.1) is 23.2 Å². The highest BCUT2D eigenvalue weighted by Crippen LogP contribution is 2.50. The van der Waals surface area contributed by atoms with Crippen LogP contribution in [0.15, 0.2) is 30.4 Å². The van der Waals surface area contributed by atoms with Crippen LogP contribution in [0.1, 0.15) is 91.7 Å². The number of benzene rings is 1. The average Bonchev–Trinajstić information content (AvgIpc) is 4.10. The van der Waals surface area contributed by atoms with Crippen LogP contribution in [-0.2, 0) is 30.3 Å². The second-order valence-corrected chi connectivity index (χ2v) is 19.9. The van der Waals surface area contributed by atoms with Gasteiger partial charge in [0.05, 0.1) is 35.4 Å². The molecular weight excluding hydrogens is 817 g/mol. The third-order valence-electron chi connectivity index (χ3n) is 12.1. The maximum Gasteiger partial charge on any atom is 0.405 e. The molecular formula is C40H52F4N6O9S. The summed E-state index contributed by atoms with van der Waals surface area (Å²) in [7, 11) is -2.93. The number of likely N-dealkylation sites (tertiary alicyclic amines) is 1. The number of ether oxygens (including phenoxy) is 2. The van der Waals surface area contributed by atoms with Gasteiger partial charge in [-0.2, -0.15) is 8.78 Å². The van der Waals surface area contributed by atoms with Crippen LogP contribution in [0.5, 0.6) is 11.6 Å². The molecule has 15 nitrogen and oxygen atoms in total. The van der Waals surface area contributed by atoms with Crippen LogP contribution in [0.2, 0.25) is 0 Å². The van der Waals surface area contributed by atoms with Gasteiger partial charge in [-0.15, -0.1) is 0 Å². The molecule has 1 saturated heterocycles. The van der Waals surface area contributed by atoms with Crippen molar-refractivity contribution in [3.8, 4) is 11.6 Å². The zero-order valence-corrected chi connectivity index (χ0v) is 35.1. The van der Waals surface area contributed by atoms with Crippen molar-refractivity contribution in [2.24, 2.45) is 23.2 Å². The lowest BCUT2D eigenvalue weighted by molar-refractivity contribution is -0.143. The SMILES string of the molecule is CCC1C(Oc2nc3cc(OC)ccc3nc2C(F)(F)C=CCCC2CC2)CN(C(=O)C(NC(=O)O)C(C)(C)C)C1C(=O)NC1(C(=O)NS(=O)(=O)C2(C)CC2)CC1C(F)F. The van der Waals surface area contributed by atoms with E-state index >= 15 is 8.78 Å². The van der Waals surface area contributed by atoms with Crippen molar-refractivity contribution in [3.05, 3.63) is 36.0 Å². The number of alkyl halides is 4. The number of amides is 4. The molecule has 3 saturated carbocycles. The Morgan fingerprint density at radius 2 is 1.78 bits per heavy atom. The Morgan fingerprint density at radius 3 is 2.33 bits per heavy atom. The van der Waals surface area contributed by atoms with Crippen LogP contribution in [0.25, 0.3) is 11.0 Å². The predicted octanol–water partition coefficient (Wildman–Crippen LogP) is 5.28.